The number of carbonyl (C=O) groups is 1. The second-order valence-corrected chi connectivity index (χ2v) is 3.80. The molecule has 4 unspecified atom stereocenters. The van der Waals surface area contributed by atoms with Gasteiger partial charge in [-0.25, -0.2) is 0 Å². The smallest absolute Gasteiger partial charge is 0.220 e. The van der Waals surface area contributed by atoms with Gasteiger partial charge >= 0.3 is 0 Å². The maximum atomic E-state index is 10.9. The zero-order chi connectivity index (χ0) is 7.30. The van der Waals surface area contributed by atoms with Gasteiger partial charge in [0.15, 0.2) is 0 Å². The number of piperidine rings is 1. The highest BCUT2D eigenvalue weighted by Gasteiger charge is 2.55. The van der Waals surface area contributed by atoms with Crippen LogP contribution in [-0.2, 0) is 4.79 Å². The molecule has 1 aliphatic carbocycles. The summed E-state index contributed by atoms with van der Waals surface area (Å²) in [4.78, 5) is 10.9. The first-order chi connectivity index (χ1) is 4.70. The molecule has 10 heavy (non-hydrogen) atoms. The molecule has 2 aliphatic rings. The Bertz CT molecular complexity index is 172. The first-order valence-electron chi connectivity index (χ1n) is 3.63. The van der Waals surface area contributed by atoms with Crippen molar-refractivity contribution in [2.45, 2.75) is 24.8 Å². The molecule has 3 heteroatoms. The van der Waals surface area contributed by atoms with E-state index in [4.69, 9.17) is 11.6 Å². The number of carbonyl (C=O) groups excluding carboxylic acids is 1. The van der Waals surface area contributed by atoms with Crippen molar-refractivity contribution >= 4 is 17.5 Å². The van der Waals surface area contributed by atoms with Gasteiger partial charge in [0.2, 0.25) is 5.91 Å². The summed E-state index contributed by atoms with van der Waals surface area (Å²) in [6, 6.07) is 0.290. The number of hydrogen-bond acceptors (Lipinski definition) is 1. The van der Waals surface area contributed by atoms with E-state index >= 15 is 0 Å². The molecule has 0 aromatic carbocycles. The van der Waals surface area contributed by atoms with Gasteiger partial charge in [0.25, 0.3) is 0 Å². The van der Waals surface area contributed by atoms with Crippen LogP contribution in [0.1, 0.15) is 13.3 Å². The van der Waals surface area contributed by atoms with Gasteiger partial charge < -0.3 is 5.32 Å². The number of halogens is 1. The van der Waals surface area contributed by atoms with Crippen LogP contribution in [0, 0.1) is 11.8 Å². The van der Waals surface area contributed by atoms with Gasteiger partial charge in [-0.05, 0) is 5.92 Å². The van der Waals surface area contributed by atoms with E-state index in [1.54, 1.807) is 0 Å². The van der Waals surface area contributed by atoms with E-state index in [1.165, 1.54) is 0 Å². The minimum absolute atomic E-state index is 0.164. The van der Waals surface area contributed by atoms with Crippen LogP contribution in [0.5, 0.6) is 0 Å². The highest BCUT2D eigenvalue weighted by atomic mass is 35.5. The maximum Gasteiger partial charge on any atom is 0.220 e. The van der Waals surface area contributed by atoms with Crippen molar-refractivity contribution in [2.75, 3.05) is 0 Å². The molecular weight excluding hydrogens is 150 g/mol. The summed E-state index contributed by atoms with van der Waals surface area (Å²) in [7, 11) is 0. The van der Waals surface area contributed by atoms with E-state index in [0.29, 0.717) is 18.3 Å². The van der Waals surface area contributed by atoms with Crippen LogP contribution in [0.4, 0.5) is 0 Å². The molecule has 56 valence electrons. The minimum Gasteiger partial charge on any atom is -0.352 e. The Morgan fingerprint density at radius 2 is 2.40 bits per heavy atom. The topological polar surface area (TPSA) is 29.1 Å². The monoisotopic (exact) mass is 159 g/mol. The third-order valence-corrected chi connectivity index (χ3v) is 3.04. The van der Waals surface area contributed by atoms with Crippen molar-refractivity contribution in [1.29, 1.82) is 0 Å². The lowest BCUT2D eigenvalue weighted by atomic mass is 9.99. The van der Waals surface area contributed by atoms with E-state index in [-0.39, 0.29) is 17.3 Å². The number of nitrogens with one attached hydrogen (secondary N) is 1. The van der Waals surface area contributed by atoms with Crippen molar-refractivity contribution in [3.05, 3.63) is 0 Å². The number of hydrogen-bond donors (Lipinski definition) is 1. The molecule has 2 rings (SSSR count). The van der Waals surface area contributed by atoms with Crippen LogP contribution >= 0.6 is 11.6 Å². The first-order valence-corrected chi connectivity index (χ1v) is 4.07. The van der Waals surface area contributed by atoms with Crippen LogP contribution in [0.15, 0.2) is 0 Å². The number of alkyl halides is 1. The lowest BCUT2D eigenvalue weighted by Gasteiger charge is -2.15. The summed E-state index contributed by atoms with van der Waals surface area (Å²) < 4.78 is 0. The van der Waals surface area contributed by atoms with Gasteiger partial charge in [-0.3, -0.25) is 4.79 Å². The van der Waals surface area contributed by atoms with Gasteiger partial charge in [0.1, 0.15) is 0 Å². The molecule has 1 amide bonds. The molecule has 0 aromatic heterocycles. The predicted molar refractivity (Wildman–Crippen MR) is 38.8 cm³/mol. The third-order valence-electron chi connectivity index (χ3n) is 2.48. The summed E-state index contributed by atoms with van der Waals surface area (Å²) in [5.41, 5.74) is 0. The molecule has 0 radical (unpaired) electrons. The predicted octanol–water partition coefficient (Wildman–Crippen LogP) is 0.748. The van der Waals surface area contributed by atoms with Gasteiger partial charge in [-0.15, -0.1) is 11.6 Å². The van der Waals surface area contributed by atoms with E-state index in [0.717, 1.165) is 0 Å². The van der Waals surface area contributed by atoms with Gasteiger partial charge in [0, 0.05) is 12.3 Å². The normalized spacial score (nSPS) is 51.6. The molecule has 1 saturated heterocycles. The van der Waals surface area contributed by atoms with Crippen LogP contribution in [0.2, 0.25) is 0 Å². The molecule has 0 aromatic rings. The van der Waals surface area contributed by atoms with Crippen LogP contribution in [-0.4, -0.2) is 17.3 Å². The zero-order valence-corrected chi connectivity index (χ0v) is 6.56. The summed E-state index contributed by atoms with van der Waals surface area (Å²) in [6.07, 6.45) is 0.657. The number of fused-ring (bicyclic) bond motifs is 1. The summed E-state index contributed by atoms with van der Waals surface area (Å²) >= 11 is 5.90. The van der Waals surface area contributed by atoms with Crippen molar-refractivity contribution in [2.24, 2.45) is 11.8 Å². The Morgan fingerprint density at radius 3 is 3.00 bits per heavy atom. The zero-order valence-electron chi connectivity index (χ0n) is 5.80. The molecular formula is C7H10ClNO. The third kappa shape index (κ3) is 0.749. The summed E-state index contributed by atoms with van der Waals surface area (Å²) in [5, 5.41) is 3.07. The van der Waals surface area contributed by atoms with E-state index in [9.17, 15) is 4.79 Å². The number of amides is 1. The van der Waals surface area contributed by atoms with E-state index in [2.05, 4.69) is 12.2 Å². The molecule has 1 heterocycles. The van der Waals surface area contributed by atoms with E-state index in [1.807, 2.05) is 0 Å². The second kappa shape index (κ2) is 1.88. The fraction of sp³-hybridized carbons (Fsp3) is 0.857. The van der Waals surface area contributed by atoms with Gasteiger partial charge in [-0.1, -0.05) is 6.92 Å². The molecule has 0 spiro atoms. The Hall–Kier alpha value is -0.240. The number of rotatable bonds is 0. The van der Waals surface area contributed by atoms with Crippen LogP contribution < -0.4 is 5.32 Å². The maximum absolute atomic E-state index is 10.9. The summed E-state index contributed by atoms with van der Waals surface area (Å²) in [6.45, 7) is 2.10. The molecule has 1 saturated carbocycles. The largest absolute Gasteiger partial charge is 0.352 e. The first kappa shape index (κ1) is 6.47. The Balaban J connectivity index is 2.09. The van der Waals surface area contributed by atoms with E-state index < -0.39 is 0 Å². The van der Waals surface area contributed by atoms with Gasteiger partial charge in [-0.2, -0.15) is 0 Å². The summed E-state index contributed by atoms with van der Waals surface area (Å²) in [5.74, 6) is 1.21. The molecule has 2 fully saturated rings. The molecule has 1 N–H and O–H groups in total. The lowest BCUT2D eigenvalue weighted by molar-refractivity contribution is -0.123. The van der Waals surface area contributed by atoms with Crippen molar-refractivity contribution in [3.8, 4) is 0 Å². The minimum atomic E-state index is 0.164. The highest BCUT2D eigenvalue weighted by molar-refractivity contribution is 6.24. The van der Waals surface area contributed by atoms with Crippen LogP contribution in [0.25, 0.3) is 0 Å². The van der Waals surface area contributed by atoms with Crippen molar-refractivity contribution in [1.82, 2.24) is 5.32 Å². The Kier molecular flexibility index (Phi) is 1.21. The van der Waals surface area contributed by atoms with Crippen LogP contribution in [0.3, 0.4) is 0 Å². The fourth-order valence-electron chi connectivity index (χ4n) is 1.81. The second-order valence-electron chi connectivity index (χ2n) is 3.30. The Labute approximate surface area is 64.9 Å². The van der Waals surface area contributed by atoms with Crippen molar-refractivity contribution in [3.63, 3.8) is 0 Å². The molecule has 2 nitrogen and oxygen atoms in total. The fourth-order valence-corrected chi connectivity index (χ4v) is 2.36. The average Bonchev–Trinajstić information content (AvgIpc) is 2.42. The average molecular weight is 160 g/mol. The molecule has 0 bridgehead atoms. The highest BCUT2D eigenvalue weighted by Crippen LogP contribution is 2.46. The standard InChI is InChI=1S/C7H10ClNO/c1-3-2-4(10)9-7-5(3)6(7)8/h3,5-7H,2H2,1H3,(H,9,10). The SMILES string of the molecule is CC1CC(=O)NC2C(Cl)C12. The molecule has 1 aliphatic heterocycles. The lowest BCUT2D eigenvalue weighted by Crippen LogP contribution is -2.34. The molecule has 4 atom stereocenters. The quantitative estimate of drug-likeness (QED) is 0.520. The van der Waals surface area contributed by atoms with Crippen molar-refractivity contribution < 1.29 is 4.79 Å². The Morgan fingerprint density at radius 1 is 1.70 bits per heavy atom. The van der Waals surface area contributed by atoms with Gasteiger partial charge in [0.05, 0.1) is 11.4 Å².